The highest BCUT2D eigenvalue weighted by Gasteiger charge is 2.21. The van der Waals surface area contributed by atoms with E-state index in [9.17, 15) is 0 Å². The quantitative estimate of drug-likeness (QED) is 0.436. The molecule has 1 rings (SSSR count). The highest BCUT2D eigenvalue weighted by Crippen LogP contribution is 2.24. The van der Waals surface area contributed by atoms with Crippen molar-refractivity contribution in [3.63, 3.8) is 0 Å². The van der Waals surface area contributed by atoms with Crippen molar-refractivity contribution >= 4 is 22.6 Å². The average Bonchev–Trinajstić information content (AvgIpc) is 2.15. The Labute approximate surface area is 95.1 Å². The summed E-state index contributed by atoms with van der Waals surface area (Å²) in [7, 11) is 0. The number of halogens is 1. The molecule has 1 saturated heterocycles. The van der Waals surface area contributed by atoms with E-state index in [1.807, 2.05) is 0 Å². The molecule has 1 aliphatic heterocycles. The predicted octanol–water partition coefficient (Wildman–Crippen LogP) is 3.72. The van der Waals surface area contributed by atoms with Gasteiger partial charge in [-0.1, -0.05) is 48.1 Å². The third-order valence-electron chi connectivity index (χ3n) is 2.35. The third kappa shape index (κ3) is 4.45. The van der Waals surface area contributed by atoms with E-state index in [0.29, 0.717) is 6.10 Å². The SMILES string of the molecule is CCC/C=C/CC1OCCCC1I. The minimum absolute atomic E-state index is 0.474. The molecule has 0 aromatic rings. The van der Waals surface area contributed by atoms with Gasteiger partial charge in [-0.2, -0.15) is 0 Å². The number of unbranched alkanes of at least 4 members (excludes halogenated alkanes) is 1. The molecular formula is C11H19IO. The summed E-state index contributed by atoms with van der Waals surface area (Å²) >= 11 is 2.52. The largest absolute Gasteiger partial charge is 0.377 e. The number of allylic oxidation sites excluding steroid dienone is 1. The second-order valence-electron chi connectivity index (χ2n) is 3.56. The van der Waals surface area contributed by atoms with Gasteiger partial charge in [0, 0.05) is 10.5 Å². The minimum atomic E-state index is 0.474. The minimum Gasteiger partial charge on any atom is -0.377 e. The summed E-state index contributed by atoms with van der Waals surface area (Å²) in [6.07, 6.45) is 11.2. The van der Waals surface area contributed by atoms with E-state index < -0.39 is 0 Å². The molecule has 2 unspecified atom stereocenters. The summed E-state index contributed by atoms with van der Waals surface area (Å²) in [6, 6.07) is 0. The number of rotatable bonds is 4. The molecule has 2 heteroatoms. The van der Waals surface area contributed by atoms with Crippen molar-refractivity contribution in [3.8, 4) is 0 Å². The van der Waals surface area contributed by atoms with Crippen molar-refractivity contribution in [1.82, 2.24) is 0 Å². The van der Waals surface area contributed by atoms with Crippen LogP contribution in [-0.4, -0.2) is 16.6 Å². The van der Waals surface area contributed by atoms with E-state index >= 15 is 0 Å². The van der Waals surface area contributed by atoms with Crippen molar-refractivity contribution in [2.24, 2.45) is 0 Å². The second-order valence-corrected chi connectivity index (χ2v) is 5.16. The molecule has 0 spiro atoms. The highest BCUT2D eigenvalue weighted by atomic mass is 127. The molecule has 0 N–H and O–H groups in total. The van der Waals surface area contributed by atoms with Gasteiger partial charge in [0.1, 0.15) is 0 Å². The van der Waals surface area contributed by atoms with Gasteiger partial charge in [-0.3, -0.25) is 0 Å². The van der Waals surface area contributed by atoms with E-state index in [0.717, 1.165) is 17.0 Å². The van der Waals surface area contributed by atoms with Gasteiger partial charge in [0.25, 0.3) is 0 Å². The monoisotopic (exact) mass is 294 g/mol. The summed E-state index contributed by atoms with van der Waals surface area (Å²) in [5.41, 5.74) is 0. The van der Waals surface area contributed by atoms with Crippen LogP contribution < -0.4 is 0 Å². The summed E-state index contributed by atoms with van der Waals surface area (Å²) in [6.45, 7) is 3.17. The summed E-state index contributed by atoms with van der Waals surface area (Å²) in [5.74, 6) is 0. The van der Waals surface area contributed by atoms with Crippen LogP contribution in [0.1, 0.15) is 39.0 Å². The maximum atomic E-state index is 5.71. The van der Waals surface area contributed by atoms with E-state index in [2.05, 4.69) is 41.7 Å². The van der Waals surface area contributed by atoms with Gasteiger partial charge in [-0.25, -0.2) is 0 Å². The van der Waals surface area contributed by atoms with Gasteiger partial charge in [0.15, 0.2) is 0 Å². The van der Waals surface area contributed by atoms with Gasteiger partial charge in [-0.15, -0.1) is 0 Å². The van der Waals surface area contributed by atoms with Gasteiger partial charge < -0.3 is 4.74 Å². The van der Waals surface area contributed by atoms with Gasteiger partial charge in [-0.05, 0) is 25.7 Å². The Balaban J connectivity index is 2.18. The lowest BCUT2D eigenvalue weighted by atomic mass is 10.1. The van der Waals surface area contributed by atoms with Crippen LogP contribution in [0.3, 0.4) is 0 Å². The normalized spacial score (nSPS) is 29.7. The Kier molecular flexibility index (Phi) is 6.04. The molecular weight excluding hydrogens is 275 g/mol. The lowest BCUT2D eigenvalue weighted by Crippen LogP contribution is -2.29. The maximum absolute atomic E-state index is 5.71. The molecule has 0 aliphatic carbocycles. The second kappa shape index (κ2) is 6.82. The molecule has 0 saturated carbocycles. The Bertz CT molecular complexity index is 156. The van der Waals surface area contributed by atoms with Crippen molar-refractivity contribution in [1.29, 1.82) is 0 Å². The van der Waals surface area contributed by atoms with Crippen LogP contribution in [0.4, 0.5) is 0 Å². The fraction of sp³-hybridized carbons (Fsp3) is 0.818. The zero-order valence-corrected chi connectivity index (χ0v) is 10.5. The Morgan fingerprint density at radius 2 is 2.31 bits per heavy atom. The molecule has 2 atom stereocenters. The predicted molar refractivity (Wildman–Crippen MR) is 65.4 cm³/mol. The van der Waals surface area contributed by atoms with Crippen LogP contribution in [0.25, 0.3) is 0 Å². The number of ether oxygens (including phenoxy) is 1. The zero-order chi connectivity index (χ0) is 9.52. The van der Waals surface area contributed by atoms with Gasteiger partial charge in [0.2, 0.25) is 0 Å². The Morgan fingerprint density at radius 3 is 3.00 bits per heavy atom. The fourth-order valence-electron chi connectivity index (χ4n) is 1.53. The molecule has 0 bridgehead atoms. The van der Waals surface area contributed by atoms with Crippen molar-refractivity contribution in [2.75, 3.05) is 6.61 Å². The van der Waals surface area contributed by atoms with Gasteiger partial charge in [0.05, 0.1) is 6.10 Å². The smallest absolute Gasteiger partial charge is 0.0726 e. The molecule has 1 aliphatic rings. The lowest BCUT2D eigenvalue weighted by molar-refractivity contribution is 0.0272. The summed E-state index contributed by atoms with van der Waals surface area (Å²) < 4.78 is 6.43. The highest BCUT2D eigenvalue weighted by molar-refractivity contribution is 14.1. The van der Waals surface area contributed by atoms with Crippen molar-refractivity contribution < 1.29 is 4.74 Å². The first-order valence-corrected chi connectivity index (χ1v) is 6.49. The maximum Gasteiger partial charge on any atom is 0.0726 e. The molecule has 13 heavy (non-hydrogen) atoms. The molecule has 0 radical (unpaired) electrons. The van der Waals surface area contributed by atoms with Crippen LogP contribution in [0.15, 0.2) is 12.2 Å². The first-order chi connectivity index (χ1) is 6.34. The Hall–Kier alpha value is 0.430. The van der Waals surface area contributed by atoms with Crippen LogP contribution in [-0.2, 0) is 4.74 Å². The summed E-state index contributed by atoms with van der Waals surface area (Å²) in [5, 5.41) is 0. The van der Waals surface area contributed by atoms with Crippen LogP contribution in [0, 0.1) is 0 Å². The molecule has 1 fully saturated rings. The molecule has 76 valence electrons. The molecule has 1 nitrogen and oxygen atoms in total. The summed E-state index contributed by atoms with van der Waals surface area (Å²) in [4.78, 5) is 0. The number of alkyl halides is 1. The molecule has 0 aromatic heterocycles. The topological polar surface area (TPSA) is 9.23 Å². The van der Waals surface area contributed by atoms with Crippen LogP contribution in [0.2, 0.25) is 0 Å². The molecule has 1 heterocycles. The zero-order valence-electron chi connectivity index (χ0n) is 8.34. The average molecular weight is 294 g/mol. The van der Waals surface area contributed by atoms with E-state index in [-0.39, 0.29) is 0 Å². The lowest BCUT2D eigenvalue weighted by Gasteiger charge is -2.26. The van der Waals surface area contributed by atoms with Crippen LogP contribution in [0.5, 0.6) is 0 Å². The molecule has 0 aromatic carbocycles. The van der Waals surface area contributed by atoms with Gasteiger partial charge >= 0.3 is 0 Å². The molecule has 0 amide bonds. The van der Waals surface area contributed by atoms with E-state index in [1.54, 1.807) is 0 Å². The van der Waals surface area contributed by atoms with E-state index in [4.69, 9.17) is 4.74 Å². The van der Waals surface area contributed by atoms with Crippen molar-refractivity contribution in [2.45, 2.75) is 49.1 Å². The van der Waals surface area contributed by atoms with Crippen LogP contribution >= 0.6 is 22.6 Å². The third-order valence-corrected chi connectivity index (χ3v) is 3.77. The standard InChI is InChI=1S/C11H19IO/c1-2-3-4-5-8-11-10(12)7-6-9-13-11/h4-5,10-11H,2-3,6-9H2,1H3/b5-4+. The fourth-order valence-corrected chi connectivity index (χ4v) is 2.48. The Morgan fingerprint density at radius 1 is 1.46 bits per heavy atom. The number of hydrogen-bond donors (Lipinski definition) is 0. The first-order valence-electron chi connectivity index (χ1n) is 5.25. The van der Waals surface area contributed by atoms with E-state index in [1.165, 1.54) is 25.7 Å². The number of hydrogen-bond acceptors (Lipinski definition) is 1. The first kappa shape index (κ1) is 11.5. The van der Waals surface area contributed by atoms with Crippen molar-refractivity contribution in [3.05, 3.63) is 12.2 Å².